The predicted molar refractivity (Wildman–Crippen MR) is 77.7 cm³/mol. The molecule has 1 saturated heterocycles. The van der Waals surface area contributed by atoms with E-state index in [1.807, 2.05) is 0 Å². The van der Waals surface area contributed by atoms with Gasteiger partial charge in [0.2, 0.25) is 0 Å². The van der Waals surface area contributed by atoms with Gasteiger partial charge in [-0.05, 0) is 35.4 Å². The molecule has 0 aromatic carbocycles. The van der Waals surface area contributed by atoms with Crippen LogP contribution in [0.5, 0.6) is 0 Å². The number of nitrogen functional groups attached to an aromatic ring is 1. The molecule has 0 radical (unpaired) electrons. The second-order valence-electron chi connectivity index (χ2n) is 4.51. The molecule has 18 heavy (non-hydrogen) atoms. The predicted octanol–water partition coefficient (Wildman–Crippen LogP) is 1.74. The Morgan fingerprint density at radius 2 is 2.17 bits per heavy atom. The van der Waals surface area contributed by atoms with Gasteiger partial charge in [-0.25, -0.2) is 9.97 Å². The zero-order chi connectivity index (χ0) is 13.1. The fourth-order valence-electron chi connectivity index (χ4n) is 2.57. The second kappa shape index (κ2) is 5.84. The van der Waals surface area contributed by atoms with Crippen LogP contribution >= 0.6 is 15.9 Å². The summed E-state index contributed by atoms with van der Waals surface area (Å²) in [5.41, 5.74) is 5.80. The van der Waals surface area contributed by atoms with Gasteiger partial charge in [0, 0.05) is 19.1 Å². The zero-order valence-corrected chi connectivity index (χ0v) is 12.5. The fourth-order valence-corrected chi connectivity index (χ4v) is 3.02. The molecular weight excluding hydrogens is 294 g/mol. The number of hydrogen-bond acceptors (Lipinski definition) is 5. The lowest BCUT2D eigenvalue weighted by Gasteiger charge is -2.26. The van der Waals surface area contributed by atoms with Gasteiger partial charge in [-0.3, -0.25) is 4.90 Å². The lowest BCUT2D eigenvalue weighted by molar-refractivity contribution is 0.232. The molecule has 0 aliphatic carbocycles. The Hall–Kier alpha value is -0.880. The van der Waals surface area contributed by atoms with Crippen LogP contribution < -0.4 is 10.6 Å². The Labute approximate surface area is 117 Å². The third-order valence-corrected chi connectivity index (χ3v) is 4.35. The van der Waals surface area contributed by atoms with Crippen molar-refractivity contribution in [2.24, 2.45) is 0 Å². The van der Waals surface area contributed by atoms with Crippen molar-refractivity contribution in [2.45, 2.75) is 26.3 Å². The van der Waals surface area contributed by atoms with Crippen LogP contribution in [0.4, 0.5) is 11.6 Å². The molecule has 5 nitrogen and oxygen atoms in total. The highest BCUT2D eigenvalue weighted by Crippen LogP contribution is 2.30. The van der Waals surface area contributed by atoms with Gasteiger partial charge in [-0.2, -0.15) is 0 Å². The molecule has 0 bridgehead atoms. The first-order valence-electron chi connectivity index (χ1n) is 6.42. The first kappa shape index (κ1) is 13.5. The molecule has 2 rings (SSSR count). The second-order valence-corrected chi connectivity index (χ2v) is 5.30. The molecule has 1 aromatic rings. The molecule has 1 aromatic heterocycles. The van der Waals surface area contributed by atoms with Crippen LogP contribution in [0.15, 0.2) is 10.8 Å². The summed E-state index contributed by atoms with van der Waals surface area (Å²) in [6.07, 6.45) is 2.71. The Bertz CT molecular complexity index is 407. The Kier molecular flexibility index (Phi) is 4.40. The summed E-state index contributed by atoms with van der Waals surface area (Å²) in [6, 6.07) is 0.614. The molecule has 6 heteroatoms. The number of hydrogen-bond donors (Lipinski definition) is 1. The molecule has 100 valence electrons. The zero-order valence-electron chi connectivity index (χ0n) is 10.9. The third kappa shape index (κ3) is 2.59. The maximum absolute atomic E-state index is 5.80. The van der Waals surface area contributed by atoms with Gasteiger partial charge in [0.1, 0.15) is 22.4 Å². The summed E-state index contributed by atoms with van der Waals surface area (Å²) < 4.78 is 0.810. The van der Waals surface area contributed by atoms with Gasteiger partial charge < -0.3 is 10.6 Å². The van der Waals surface area contributed by atoms with E-state index in [9.17, 15) is 0 Å². The standard InChI is InChI=1S/C12H20BrN5/c1-3-17(4-2)9-5-6-18(7-9)12-10(13)11(14)15-8-16-12/h8-9H,3-7H2,1-2H3,(H2,14,15,16). The van der Waals surface area contributed by atoms with Crippen LogP contribution in [0.25, 0.3) is 0 Å². The molecule has 0 spiro atoms. The topological polar surface area (TPSA) is 58.3 Å². The average Bonchev–Trinajstić information content (AvgIpc) is 2.84. The van der Waals surface area contributed by atoms with Crippen molar-refractivity contribution in [2.75, 3.05) is 36.8 Å². The fraction of sp³-hybridized carbons (Fsp3) is 0.667. The molecule has 1 unspecified atom stereocenters. The highest BCUT2D eigenvalue weighted by atomic mass is 79.9. The van der Waals surface area contributed by atoms with Crippen LogP contribution in [0.1, 0.15) is 20.3 Å². The first-order chi connectivity index (χ1) is 8.67. The van der Waals surface area contributed by atoms with E-state index in [1.165, 1.54) is 12.7 Å². The SMILES string of the molecule is CCN(CC)C1CCN(c2ncnc(N)c2Br)C1. The normalized spacial score (nSPS) is 19.8. The largest absolute Gasteiger partial charge is 0.383 e. The van der Waals surface area contributed by atoms with E-state index in [-0.39, 0.29) is 0 Å². The number of halogens is 1. The summed E-state index contributed by atoms with van der Waals surface area (Å²) in [5, 5.41) is 0. The van der Waals surface area contributed by atoms with E-state index in [4.69, 9.17) is 5.73 Å². The van der Waals surface area contributed by atoms with Crippen molar-refractivity contribution in [3.8, 4) is 0 Å². The monoisotopic (exact) mass is 313 g/mol. The van der Waals surface area contributed by atoms with Crippen molar-refractivity contribution >= 4 is 27.6 Å². The summed E-state index contributed by atoms with van der Waals surface area (Å²) in [7, 11) is 0. The number of nitrogens with zero attached hydrogens (tertiary/aromatic N) is 4. The molecule has 1 aliphatic rings. The average molecular weight is 314 g/mol. The summed E-state index contributed by atoms with van der Waals surface area (Å²) >= 11 is 3.48. The molecule has 2 N–H and O–H groups in total. The van der Waals surface area contributed by atoms with E-state index in [2.05, 4.69) is 49.5 Å². The molecule has 1 atom stereocenters. The van der Waals surface area contributed by atoms with Gasteiger partial charge >= 0.3 is 0 Å². The molecule has 1 aliphatic heterocycles. The van der Waals surface area contributed by atoms with Crippen molar-refractivity contribution in [1.82, 2.24) is 14.9 Å². The van der Waals surface area contributed by atoms with Crippen molar-refractivity contribution in [1.29, 1.82) is 0 Å². The third-order valence-electron chi connectivity index (χ3n) is 3.59. The van der Waals surface area contributed by atoms with E-state index < -0.39 is 0 Å². The van der Waals surface area contributed by atoms with Gasteiger partial charge in [0.05, 0.1) is 0 Å². The number of anilines is 2. The Balaban J connectivity index is 2.11. The van der Waals surface area contributed by atoms with E-state index in [0.717, 1.165) is 36.5 Å². The lowest BCUT2D eigenvalue weighted by Crippen LogP contribution is -2.37. The highest BCUT2D eigenvalue weighted by molar-refractivity contribution is 9.10. The van der Waals surface area contributed by atoms with Gasteiger partial charge in [0.15, 0.2) is 0 Å². The minimum Gasteiger partial charge on any atom is -0.383 e. The summed E-state index contributed by atoms with van der Waals surface area (Å²) in [6.45, 7) is 8.66. The van der Waals surface area contributed by atoms with Crippen LogP contribution in [0.2, 0.25) is 0 Å². The molecule has 1 fully saturated rings. The van der Waals surface area contributed by atoms with Crippen molar-refractivity contribution in [3.05, 3.63) is 10.8 Å². The molecule has 0 amide bonds. The van der Waals surface area contributed by atoms with Gasteiger partial charge in [0.25, 0.3) is 0 Å². The molecule has 0 saturated carbocycles. The number of nitrogens with two attached hydrogens (primary N) is 1. The van der Waals surface area contributed by atoms with E-state index in [1.54, 1.807) is 0 Å². The number of aromatic nitrogens is 2. The highest BCUT2D eigenvalue weighted by Gasteiger charge is 2.28. The number of rotatable bonds is 4. The minimum atomic E-state index is 0.506. The molecular formula is C12H20BrN5. The quantitative estimate of drug-likeness (QED) is 0.917. The first-order valence-corrected chi connectivity index (χ1v) is 7.21. The van der Waals surface area contributed by atoms with Crippen LogP contribution in [0, 0.1) is 0 Å². The van der Waals surface area contributed by atoms with Crippen LogP contribution in [-0.4, -0.2) is 47.1 Å². The lowest BCUT2D eigenvalue weighted by atomic mass is 10.2. The molecule has 2 heterocycles. The van der Waals surface area contributed by atoms with Crippen LogP contribution in [-0.2, 0) is 0 Å². The van der Waals surface area contributed by atoms with Gasteiger partial charge in [-0.15, -0.1) is 0 Å². The van der Waals surface area contributed by atoms with E-state index in [0.29, 0.717) is 11.9 Å². The summed E-state index contributed by atoms with van der Waals surface area (Å²) in [4.78, 5) is 13.1. The maximum Gasteiger partial charge on any atom is 0.148 e. The Morgan fingerprint density at radius 1 is 1.44 bits per heavy atom. The minimum absolute atomic E-state index is 0.506. The van der Waals surface area contributed by atoms with Crippen molar-refractivity contribution < 1.29 is 0 Å². The number of likely N-dealkylation sites (N-methyl/N-ethyl adjacent to an activating group) is 1. The smallest absolute Gasteiger partial charge is 0.148 e. The van der Waals surface area contributed by atoms with Crippen LogP contribution in [0.3, 0.4) is 0 Å². The summed E-state index contributed by atoms with van der Waals surface area (Å²) in [5.74, 6) is 1.42. The maximum atomic E-state index is 5.80. The Morgan fingerprint density at radius 3 is 2.83 bits per heavy atom. The van der Waals surface area contributed by atoms with Gasteiger partial charge in [-0.1, -0.05) is 13.8 Å². The van der Waals surface area contributed by atoms with Crippen molar-refractivity contribution in [3.63, 3.8) is 0 Å². The van der Waals surface area contributed by atoms with E-state index >= 15 is 0 Å².